The van der Waals surface area contributed by atoms with E-state index in [1.165, 1.54) is 107 Å². The summed E-state index contributed by atoms with van der Waals surface area (Å²) in [5.41, 5.74) is 21.8. The Morgan fingerprint density at radius 1 is 0.233 bits per heavy atom. The van der Waals surface area contributed by atoms with Gasteiger partial charge in [-0.05, 0) is 188 Å². The number of para-hydroxylation sites is 6. The first kappa shape index (κ1) is 49.3. The minimum absolute atomic E-state index is 0.00168. The van der Waals surface area contributed by atoms with Crippen LogP contribution in [0.2, 0.25) is 0 Å². The zero-order valence-electron chi connectivity index (χ0n) is 46.6. The molecule has 4 heterocycles. The Bertz CT molecular complexity index is 4640. The zero-order chi connectivity index (χ0) is 56.4. The van der Waals surface area contributed by atoms with E-state index in [0.29, 0.717) is 0 Å². The SMILES string of the molecule is c1ccc(N(c2ccccc2)c2ccc3c(c2)N(c2ccccc2)c2cccc4c2B3c2cc3c5ccccc5c5cc6c(cc5c3cc2S4)Sc2cccc3c2B6c2ccc(N(c4ccccc4)c4ccccc4)cc2N3c2ccccc2)cc1. The van der Waals surface area contributed by atoms with Crippen LogP contribution in [0.4, 0.5) is 68.2 Å². The first-order valence-electron chi connectivity index (χ1n) is 29.5. The lowest BCUT2D eigenvalue weighted by atomic mass is 9.34. The third-order valence-electron chi connectivity index (χ3n) is 18.0. The highest BCUT2D eigenvalue weighted by molar-refractivity contribution is 8.00. The van der Waals surface area contributed by atoms with Gasteiger partial charge in [0.25, 0.3) is 0 Å². The van der Waals surface area contributed by atoms with Crippen molar-refractivity contribution in [3.8, 4) is 0 Å². The molecule has 0 N–H and O–H groups in total. The average Bonchev–Trinajstić information content (AvgIpc) is 0.815. The fourth-order valence-electron chi connectivity index (χ4n) is 14.5. The minimum atomic E-state index is 0.00168. The molecule has 400 valence electrons. The van der Waals surface area contributed by atoms with Crippen molar-refractivity contribution in [3.63, 3.8) is 0 Å². The van der Waals surface area contributed by atoms with Gasteiger partial charge in [0, 0.05) is 87.8 Å². The van der Waals surface area contributed by atoms with Crippen molar-refractivity contribution in [1.82, 2.24) is 0 Å². The van der Waals surface area contributed by atoms with E-state index in [1.54, 1.807) is 0 Å². The largest absolute Gasteiger partial charge is 0.311 e. The number of nitrogens with zero attached hydrogens (tertiary/aromatic N) is 4. The van der Waals surface area contributed by atoms with Gasteiger partial charge >= 0.3 is 0 Å². The Kier molecular flexibility index (Phi) is 11.3. The maximum absolute atomic E-state index is 2.58. The maximum Gasteiger partial charge on any atom is 0.249 e. The third-order valence-corrected chi connectivity index (χ3v) is 20.3. The fourth-order valence-corrected chi connectivity index (χ4v) is 16.8. The van der Waals surface area contributed by atoms with Gasteiger partial charge in [0.15, 0.2) is 0 Å². The lowest BCUT2D eigenvalue weighted by Crippen LogP contribution is -2.59. The normalized spacial score (nSPS) is 13.2. The Morgan fingerprint density at radius 3 is 0.942 bits per heavy atom. The van der Waals surface area contributed by atoms with Gasteiger partial charge in [-0.25, -0.2) is 0 Å². The van der Waals surface area contributed by atoms with Crippen LogP contribution in [-0.2, 0) is 0 Å². The Labute approximate surface area is 509 Å². The molecule has 0 saturated carbocycles. The van der Waals surface area contributed by atoms with Crippen LogP contribution in [0.25, 0.3) is 32.3 Å². The molecule has 4 nitrogen and oxygen atoms in total. The summed E-state index contributed by atoms with van der Waals surface area (Å²) >= 11 is 3.86. The van der Waals surface area contributed by atoms with Gasteiger partial charge in [0.1, 0.15) is 0 Å². The summed E-state index contributed by atoms with van der Waals surface area (Å²) in [5.74, 6) is 0. The molecule has 0 saturated heterocycles. The molecule has 14 aromatic rings. The van der Waals surface area contributed by atoms with E-state index in [0.717, 1.165) is 45.5 Å². The van der Waals surface area contributed by atoms with Gasteiger partial charge in [-0.15, -0.1) is 0 Å². The van der Waals surface area contributed by atoms with E-state index >= 15 is 0 Å². The Hall–Kier alpha value is -10.1. The summed E-state index contributed by atoms with van der Waals surface area (Å²) in [5, 5.41) is 7.70. The molecule has 0 amide bonds. The highest BCUT2D eigenvalue weighted by atomic mass is 32.2. The quantitative estimate of drug-likeness (QED) is 0.110. The van der Waals surface area contributed by atoms with Gasteiger partial charge in [0.05, 0.1) is 0 Å². The number of benzene rings is 14. The molecule has 18 rings (SSSR count). The predicted molar refractivity (Wildman–Crippen MR) is 368 cm³/mol. The van der Waals surface area contributed by atoms with Gasteiger partial charge in [-0.1, -0.05) is 204 Å². The Balaban J connectivity index is 0.833. The van der Waals surface area contributed by atoms with E-state index in [2.05, 4.69) is 323 Å². The lowest BCUT2D eigenvalue weighted by molar-refractivity contribution is 1.24. The van der Waals surface area contributed by atoms with Crippen molar-refractivity contribution in [3.05, 3.63) is 303 Å². The Morgan fingerprint density at radius 2 is 0.570 bits per heavy atom. The maximum atomic E-state index is 2.58. The van der Waals surface area contributed by atoms with E-state index in [9.17, 15) is 0 Å². The summed E-state index contributed by atoms with van der Waals surface area (Å²) < 4.78 is 0. The monoisotopic (exact) mass is 1130 g/mol. The van der Waals surface area contributed by atoms with E-state index in [4.69, 9.17) is 0 Å². The van der Waals surface area contributed by atoms with Crippen LogP contribution < -0.4 is 52.4 Å². The fraction of sp³-hybridized carbons (Fsp3) is 0. The molecular weight excluding hydrogens is 1080 g/mol. The third kappa shape index (κ3) is 7.63. The predicted octanol–water partition coefficient (Wildman–Crippen LogP) is 17.6. The van der Waals surface area contributed by atoms with Crippen molar-refractivity contribution in [2.75, 3.05) is 19.6 Å². The average molecular weight is 1130 g/mol. The molecule has 8 heteroatoms. The molecule has 4 aliphatic rings. The number of fused-ring (bicyclic) bond motifs is 14. The topological polar surface area (TPSA) is 13.0 Å². The van der Waals surface area contributed by atoms with Gasteiger partial charge in [-0.2, -0.15) is 0 Å². The van der Waals surface area contributed by atoms with Crippen LogP contribution in [-0.4, -0.2) is 13.4 Å². The van der Waals surface area contributed by atoms with Crippen LogP contribution in [0.15, 0.2) is 323 Å². The van der Waals surface area contributed by atoms with Gasteiger partial charge < -0.3 is 19.6 Å². The second-order valence-electron chi connectivity index (χ2n) is 22.7. The minimum Gasteiger partial charge on any atom is -0.311 e. The van der Waals surface area contributed by atoms with Crippen LogP contribution in [0.1, 0.15) is 0 Å². The number of anilines is 12. The zero-order valence-corrected chi connectivity index (χ0v) is 48.3. The highest BCUT2D eigenvalue weighted by Gasteiger charge is 2.44. The standard InChI is InChI=1S/C78H50B2N4S2/c1-7-23-51(24-8-1)81(52-25-9-2-10-26-52)57-41-43-65-71(45-57)83(55-31-15-5-16-32-55)69-37-21-39-73-77(69)79(65)67-47-61-59-35-19-20-36-60(59)62-48-68-76(50-64(62)63(61)49-75(67)85-73)86-74-40-22-38-70-78(74)80(68)66-44-42-58(46-72(66)84(70)56-33-17-6-18-34-56)82(53-27-11-3-12-28-53)54-29-13-4-14-30-54/h1-50H. The smallest absolute Gasteiger partial charge is 0.249 e. The van der Waals surface area contributed by atoms with Crippen molar-refractivity contribution in [2.45, 2.75) is 19.6 Å². The first-order valence-corrected chi connectivity index (χ1v) is 31.2. The summed E-state index contributed by atoms with van der Waals surface area (Å²) in [7, 11) is 0. The molecule has 0 atom stereocenters. The molecular formula is C78H50B2N4S2. The summed E-state index contributed by atoms with van der Waals surface area (Å²) in [6.45, 7) is 0.00335. The van der Waals surface area contributed by atoms with Crippen LogP contribution in [0.5, 0.6) is 0 Å². The van der Waals surface area contributed by atoms with E-state index < -0.39 is 0 Å². The first-order chi connectivity index (χ1) is 42.7. The van der Waals surface area contributed by atoms with Crippen molar-refractivity contribution in [1.29, 1.82) is 0 Å². The van der Waals surface area contributed by atoms with E-state index in [1.807, 2.05) is 23.5 Å². The summed E-state index contributed by atoms with van der Waals surface area (Å²) in [6, 6.07) is 113. The summed E-state index contributed by atoms with van der Waals surface area (Å²) in [4.78, 5) is 15.0. The molecule has 0 aromatic heterocycles. The highest BCUT2D eigenvalue weighted by Crippen LogP contribution is 2.49. The van der Waals surface area contributed by atoms with Crippen LogP contribution in [0, 0.1) is 0 Å². The molecule has 0 fully saturated rings. The molecule has 0 radical (unpaired) electrons. The number of hydrogen-bond acceptors (Lipinski definition) is 6. The molecule has 0 bridgehead atoms. The van der Waals surface area contributed by atoms with Gasteiger partial charge in [0.2, 0.25) is 13.4 Å². The molecule has 0 unspecified atom stereocenters. The molecule has 14 aromatic carbocycles. The second kappa shape index (κ2) is 19.7. The summed E-state index contributed by atoms with van der Waals surface area (Å²) in [6.07, 6.45) is 0. The van der Waals surface area contributed by atoms with Crippen molar-refractivity contribution < 1.29 is 0 Å². The molecule has 86 heavy (non-hydrogen) atoms. The van der Waals surface area contributed by atoms with E-state index in [-0.39, 0.29) is 13.4 Å². The van der Waals surface area contributed by atoms with Crippen molar-refractivity contribution >= 4 is 170 Å². The van der Waals surface area contributed by atoms with Gasteiger partial charge in [-0.3, -0.25) is 0 Å². The lowest BCUT2D eigenvalue weighted by Gasteiger charge is -2.41. The molecule has 0 spiro atoms. The van der Waals surface area contributed by atoms with Crippen LogP contribution in [0.3, 0.4) is 0 Å². The van der Waals surface area contributed by atoms with Crippen molar-refractivity contribution in [2.24, 2.45) is 0 Å². The molecule has 0 aliphatic carbocycles. The second-order valence-corrected chi connectivity index (χ2v) is 24.9. The number of rotatable bonds is 8. The molecule has 4 aliphatic heterocycles. The van der Waals surface area contributed by atoms with Crippen LogP contribution >= 0.6 is 23.5 Å². The number of hydrogen-bond donors (Lipinski definition) is 0.